The van der Waals surface area contributed by atoms with Crippen molar-refractivity contribution in [1.82, 2.24) is 10.2 Å². The van der Waals surface area contributed by atoms with Crippen LogP contribution in [0, 0.1) is 0 Å². The lowest BCUT2D eigenvalue weighted by atomic mass is 10.0. The quantitative estimate of drug-likeness (QED) is 0.867. The van der Waals surface area contributed by atoms with Crippen molar-refractivity contribution in [3.63, 3.8) is 0 Å². The molecule has 0 aliphatic carbocycles. The van der Waals surface area contributed by atoms with Crippen molar-refractivity contribution in [2.24, 2.45) is 0 Å². The number of alkyl halides is 1. The molecule has 1 saturated heterocycles. The maximum absolute atomic E-state index is 13.4. The summed E-state index contributed by atoms with van der Waals surface area (Å²) in [4.78, 5) is 2.19. The van der Waals surface area contributed by atoms with E-state index in [-0.39, 0.29) is 12.7 Å². The van der Waals surface area contributed by atoms with Gasteiger partial charge in [-0.25, -0.2) is 4.39 Å². The Balaban J connectivity index is 2.20. The normalized spacial score (nSPS) is 18.6. The molecule has 100 valence electrons. The van der Waals surface area contributed by atoms with Crippen LogP contribution in [0.2, 0.25) is 0 Å². The van der Waals surface area contributed by atoms with E-state index in [1.54, 1.807) is 0 Å². The summed E-state index contributed by atoms with van der Waals surface area (Å²) in [6, 6.07) is 7.58. The number of halogens is 1. The molecule has 0 saturated carbocycles. The Labute approximate surface area is 108 Å². The Morgan fingerprint density at radius 3 is 2.72 bits per heavy atom. The van der Waals surface area contributed by atoms with Crippen LogP contribution in [0.3, 0.4) is 0 Å². The maximum atomic E-state index is 13.4. The average molecular weight is 252 g/mol. The van der Waals surface area contributed by atoms with Gasteiger partial charge in [-0.3, -0.25) is 4.90 Å². The minimum absolute atomic E-state index is 0.185. The van der Waals surface area contributed by atoms with Gasteiger partial charge in [-0.1, -0.05) is 18.2 Å². The lowest BCUT2D eigenvalue weighted by Gasteiger charge is -2.34. The van der Waals surface area contributed by atoms with Gasteiger partial charge in [-0.05, 0) is 13.0 Å². The number of nitrogens with one attached hydrogen (secondary N) is 1. The fourth-order valence-electron chi connectivity index (χ4n) is 2.41. The van der Waals surface area contributed by atoms with E-state index in [1.807, 2.05) is 31.2 Å². The summed E-state index contributed by atoms with van der Waals surface area (Å²) in [5, 5.41) is 3.29. The summed E-state index contributed by atoms with van der Waals surface area (Å²) >= 11 is 0. The van der Waals surface area contributed by atoms with Crippen molar-refractivity contribution < 1.29 is 9.13 Å². The van der Waals surface area contributed by atoms with Gasteiger partial charge in [0, 0.05) is 31.7 Å². The largest absolute Gasteiger partial charge is 0.494 e. The van der Waals surface area contributed by atoms with Crippen molar-refractivity contribution >= 4 is 0 Å². The zero-order chi connectivity index (χ0) is 12.8. The monoisotopic (exact) mass is 252 g/mol. The molecule has 1 aromatic carbocycles. The minimum Gasteiger partial charge on any atom is -0.494 e. The summed E-state index contributed by atoms with van der Waals surface area (Å²) < 4.78 is 19.0. The van der Waals surface area contributed by atoms with Crippen LogP contribution in [0.25, 0.3) is 0 Å². The fraction of sp³-hybridized carbons (Fsp3) is 0.571. The van der Waals surface area contributed by atoms with Gasteiger partial charge >= 0.3 is 0 Å². The van der Waals surface area contributed by atoms with Crippen molar-refractivity contribution in [2.45, 2.75) is 13.0 Å². The fourth-order valence-corrected chi connectivity index (χ4v) is 2.41. The molecular weight excluding hydrogens is 231 g/mol. The Bertz CT molecular complexity index is 367. The number of piperazine rings is 1. The molecule has 18 heavy (non-hydrogen) atoms. The highest BCUT2D eigenvalue weighted by Crippen LogP contribution is 2.30. The molecule has 0 unspecified atom stereocenters. The Kier molecular flexibility index (Phi) is 4.96. The second-order valence-corrected chi connectivity index (χ2v) is 4.43. The van der Waals surface area contributed by atoms with Crippen LogP contribution < -0.4 is 10.1 Å². The number of para-hydroxylation sites is 1. The molecule has 0 bridgehead atoms. The molecule has 1 atom stereocenters. The average Bonchev–Trinajstić information content (AvgIpc) is 2.43. The Morgan fingerprint density at radius 2 is 2.06 bits per heavy atom. The van der Waals surface area contributed by atoms with Gasteiger partial charge in [0.2, 0.25) is 0 Å². The van der Waals surface area contributed by atoms with E-state index >= 15 is 0 Å². The number of nitrogens with zero attached hydrogens (tertiary/aromatic N) is 1. The molecule has 3 nitrogen and oxygen atoms in total. The molecule has 0 radical (unpaired) electrons. The van der Waals surface area contributed by atoms with Crippen LogP contribution in [0.15, 0.2) is 24.3 Å². The molecular formula is C14H21FN2O. The molecule has 0 spiro atoms. The maximum Gasteiger partial charge on any atom is 0.124 e. The van der Waals surface area contributed by atoms with E-state index < -0.39 is 0 Å². The van der Waals surface area contributed by atoms with E-state index in [4.69, 9.17) is 4.74 Å². The lowest BCUT2D eigenvalue weighted by Crippen LogP contribution is -2.45. The van der Waals surface area contributed by atoms with Gasteiger partial charge in [0.05, 0.1) is 12.6 Å². The molecule has 0 amide bonds. The molecule has 1 aromatic rings. The lowest BCUT2D eigenvalue weighted by molar-refractivity contribution is 0.144. The third-order valence-corrected chi connectivity index (χ3v) is 3.32. The topological polar surface area (TPSA) is 24.5 Å². The van der Waals surface area contributed by atoms with Gasteiger partial charge in [-0.2, -0.15) is 0 Å². The number of ether oxygens (including phenoxy) is 1. The van der Waals surface area contributed by atoms with Gasteiger partial charge in [0.25, 0.3) is 0 Å². The van der Waals surface area contributed by atoms with E-state index in [1.165, 1.54) is 0 Å². The van der Waals surface area contributed by atoms with Gasteiger partial charge in [0.15, 0.2) is 0 Å². The predicted molar refractivity (Wildman–Crippen MR) is 70.8 cm³/mol. The van der Waals surface area contributed by atoms with E-state index in [0.717, 1.165) is 37.5 Å². The van der Waals surface area contributed by atoms with Crippen molar-refractivity contribution in [3.05, 3.63) is 29.8 Å². The highest BCUT2D eigenvalue weighted by Gasteiger charge is 2.24. The molecule has 1 heterocycles. The third kappa shape index (κ3) is 3.00. The van der Waals surface area contributed by atoms with Crippen LogP contribution in [-0.4, -0.2) is 44.4 Å². The van der Waals surface area contributed by atoms with Crippen molar-refractivity contribution in [1.29, 1.82) is 0 Å². The second kappa shape index (κ2) is 6.71. The summed E-state index contributed by atoms with van der Waals surface area (Å²) in [7, 11) is 0. The molecule has 4 heteroatoms. The highest BCUT2D eigenvalue weighted by molar-refractivity contribution is 5.36. The molecule has 1 N–H and O–H groups in total. The number of hydrogen-bond donors (Lipinski definition) is 1. The summed E-state index contributed by atoms with van der Waals surface area (Å²) in [6.45, 7) is 5.80. The standard InChI is InChI=1S/C14H21FN2O/c1-2-18-14-6-4-3-5-12(14)13(11-15)17-9-7-16-8-10-17/h3-6,13,16H,2,7-11H2,1H3/t13-/m0/s1. The van der Waals surface area contributed by atoms with Crippen LogP contribution in [0.5, 0.6) is 5.75 Å². The first-order valence-electron chi connectivity index (χ1n) is 6.59. The van der Waals surface area contributed by atoms with Crippen LogP contribution >= 0.6 is 0 Å². The molecule has 1 aliphatic rings. The molecule has 1 aliphatic heterocycles. The minimum atomic E-state index is -0.371. The van der Waals surface area contributed by atoms with Crippen LogP contribution in [0.1, 0.15) is 18.5 Å². The van der Waals surface area contributed by atoms with Gasteiger partial charge < -0.3 is 10.1 Å². The van der Waals surface area contributed by atoms with Crippen LogP contribution in [0.4, 0.5) is 4.39 Å². The van der Waals surface area contributed by atoms with E-state index in [2.05, 4.69) is 10.2 Å². The van der Waals surface area contributed by atoms with E-state index in [9.17, 15) is 4.39 Å². The molecule has 2 rings (SSSR count). The first-order chi connectivity index (χ1) is 8.86. The first-order valence-corrected chi connectivity index (χ1v) is 6.59. The van der Waals surface area contributed by atoms with Crippen molar-refractivity contribution in [2.75, 3.05) is 39.5 Å². The van der Waals surface area contributed by atoms with E-state index in [0.29, 0.717) is 6.61 Å². The summed E-state index contributed by atoms with van der Waals surface area (Å²) in [5.74, 6) is 0.807. The Morgan fingerprint density at radius 1 is 1.33 bits per heavy atom. The van der Waals surface area contributed by atoms with Crippen molar-refractivity contribution in [3.8, 4) is 5.75 Å². The number of benzene rings is 1. The Hall–Kier alpha value is -1.13. The number of hydrogen-bond acceptors (Lipinski definition) is 3. The summed E-state index contributed by atoms with van der Waals surface area (Å²) in [5.41, 5.74) is 0.962. The third-order valence-electron chi connectivity index (χ3n) is 3.32. The first kappa shape index (κ1) is 13.3. The zero-order valence-electron chi connectivity index (χ0n) is 10.9. The van der Waals surface area contributed by atoms with Gasteiger partial charge in [-0.15, -0.1) is 0 Å². The molecule has 1 fully saturated rings. The number of rotatable bonds is 5. The summed E-state index contributed by atoms with van der Waals surface area (Å²) in [6.07, 6.45) is 0. The smallest absolute Gasteiger partial charge is 0.124 e. The second-order valence-electron chi connectivity index (χ2n) is 4.43. The van der Waals surface area contributed by atoms with Gasteiger partial charge in [0.1, 0.15) is 12.4 Å². The highest BCUT2D eigenvalue weighted by atomic mass is 19.1. The SMILES string of the molecule is CCOc1ccccc1[C@H](CF)N1CCNCC1. The predicted octanol–water partition coefficient (Wildman–Crippen LogP) is 2.00. The molecule has 0 aromatic heterocycles. The van der Waals surface area contributed by atoms with Crippen LogP contribution in [-0.2, 0) is 0 Å². The zero-order valence-corrected chi connectivity index (χ0v) is 10.9.